The van der Waals surface area contributed by atoms with Crippen molar-refractivity contribution in [2.24, 2.45) is 0 Å². The van der Waals surface area contributed by atoms with Gasteiger partial charge < -0.3 is 19.6 Å². The van der Waals surface area contributed by atoms with Crippen molar-refractivity contribution >= 4 is 23.1 Å². The number of carbonyl (C=O) groups is 2. The number of carbonyl (C=O) groups excluding carboxylic acids is 2. The van der Waals surface area contributed by atoms with Crippen molar-refractivity contribution in [1.82, 2.24) is 19.2 Å². The van der Waals surface area contributed by atoms with E-state index in [-0.39, 0.29) is 11.3 Å². The number of methoxy groups -OCH3 is 1. The van der Waals surface area contributed by atoms with E-state index in [4.69, 9.17) is 4.74 Å². The summed E-state index contributed by atoms with van der Waals surface area (Å²) in [7, 11) is 5.39. The van der Waals surface area contributed by atoms with E-state index in [9.17, 15) is 14.7 Å². The number of pyridine rings is 1. The van der Waals surface area contributed by atoms with Gasteiger partial charge >= 0.3 is 0 Å². The summed E-state index contributed by atoms with van der Waals surface area (Å²) in [6, 6.07) is 10.3. The van der Waals surface area contributed by atoms with Crippen LogP contribution in [0.25, 0.3) is 11.4 Å². The summed E-state index contributed by atoms with van der Waals surface area (Å²) in [5.41, 5.74) is 3.41. The van der Waals surface area contributed by atoms with E-state index in [0.29, 0.717) is 35.9 Å². The summed E-state index contributed by atoms with van der Waals surface area (Å²) in [6.07, 6.45) is 1.79. The molecule has 1 N–H and O–H groups in total. The molecule has 0 unspecified atom stereocenters. The van der Waals surface area contributed by atoms with Gasteiger partial charge in [0, 0.05) is 19.3 Å². The number of imidazole rings is 1. The van der Waals surface area contributed by atoms with Gasteiger partial charge in [0.2, 0.25) is 0 Å². The molecule has 33 heavy (non-hydrogen) atoms. The molecule has 8 heteroatoms. The molecule has 2 aromatic heterocycles. The Bertz CT molecular complexity index is 1260. The number of benzene rings is 1. The van der Waals surface area contributed by atoms with E-state index in [1.807, 2.05) is 50.2 Å². The molecular formula is C25H28N4O4. The van der Waals surface area contributed by atoms with E-state index in [2.05, 4.69) is 4.98 Å². The molecule has 172 valence electrons. The number of ether oxygens (including phenoxy) is 1. The minimum Gasteiger partial charge on any atom is -0.505 e. The third-order valence-corrected chi connectivity index (χ3v) is 6.00. The molecule has 8 nitrogen and oxygen atoms in total. The van der Waals surface area contributed by atoms with Crippen LogP contribution in [-0.2, 0) is 9.59 Å². The number of likely N-dealkylation sites (N-methyl/N-ethyl adjacent to an activating group) is 1. The predicted molar refractivity (Wildman–Crippen MR) is 125 cm³/mol. The lowest BCUT2D eigenvalue weighted by atomic mass is 9.96. The van der Waals surface area contributed by atoms with Crippen LogP contribution in [-0.4, -0.2) is 70.3 Å². The molecule has 1 aromatic carbocycles. The van der Waals surface area contributed by atoms with E-state index in [1.165, 1.54) is 4.90 Å². The Labute approximate surface area is 192 Å². The largest absolute Gasteiger partial charge is 0.505 e. The maximum absolute atomic E-state index is 13.2. The number of rotatable bonds is 6. The second-order valence-electron chi connectivity index (χ2n) is 8.50. The van der Waals surface area contributed by atoms with Gasteiger partial charge in [0.05, 0.1) is 24.4 Å². The molecule has 0 spiro atoms. The monoisotopic (exact) mass is 448 g/mol. The van der Waals surface area contributed by atoms with E-state index in [1.54, 1.807) is 36.8 Å². The highest BCUT2D eigenvalue weighted by Crippen LogP contribution is 2.40. The molecule has 0 radical (unpaired) electrons. The number of amides is 1. The van der Waals surface area contributed by atoms with E-state index in [0.717, 1.165) is 11.1 Å². The number of fused-ring (bicyclic) bond motifs is 1. The van der Waals surface area contributed by atoms with Crippen LogP contribution >= 0.6 is 0 Å². The van der Waals surface area contributed by atoms with Crippen molar-refractivity contribution in [1.29, 1.82) is 0 Å². The number of aromatic nitrogens is 2. The molecule has 3 heterocycles. The molecule has 0 bridgehead atoms. The third-order valence-electron chi connectivity index (χ3n) is 6.00. The van der Waals surface area contributed by atoms with Gasteiger partial charge in [-0.2, -0.15) is 0 Å². The molecule has 3 aromatic rings. The highest BCUT2D eigenvalue weighted by atomic mass is 16.5. The molecule has 1 fully saturated rings. The standard InChI is InChI=1S/C25H28N4O4/c1-15-7-6-12-28-20(16(2)26-24(15)28)22(30)19-21(17-8-10-18(33-5)11-9-17)29(14-13-27(3)4)25(32)23(19)31/h6-12,21,30H,13-14H2,1-5H3/b22-19+/t21-/m1/s1. The number of ketones is 1. The lowest BCUT2D eigenvalue weighted by Gasteiger charge is -2.26. The van der Waals surface area contributed by atoms with Crippen molar-refractivity contribution < 1.29 is 19.4 Å². The number of aliphatic hydroxyl groups is 1. The minimum absolute atomic E-state index is 0.0651. The second-order valence-corrected chi connectivity index (χ2v) is 8.50. The van der Waals surface area contributed by atoms with Crippen LogP contribution in [0.3, 0.4) is 0 Å². The molecular weight excluding hydrogens is 420 g/mol. The lowest BCUT2D eigenvalue weighted by molar-refractivity contribution is -0.140. The first-order chi connectivity index (χ1) is 15.7. The Kier molecular flexibility index (Phi) is 5.95. The first kappa shape index (κ1) is 22.5. The van der Waals surface area contributed by atoms with Crippen LogP contribution in [0, 0.1) is 13.8 Å². The number of aryl methyl sites for hydroxylation is 2. The van der Waals surface area contributed by atoms with Crippen molar-refractivity contribution in [3.8, 4) is 5.75 Å². The van der Waals surface area contributed by atoms with Crippen LogP contribution in [0.4, 0.5) is 0 Å². The number of hydrogen-bond acceptors (Lipinski definition) is 6. The lowest BCUT2D eigenvalue weighted by Crippen LogP contribution is -2.35. The zero-order chi connectivity index (χ0) is 23.9. The first-order valence-electron chi connectivity index (χ1n) is 10.8. The summed E-state index contributed by atoms with van der Waals surface area (Å²) in [5, 5.41) is 11.5. The molecule has 1 atom stereocenters. The number of likely N-dealkylation sites (tertiary alicyclic amines) is 1. The quantitative estimate of drug-likeness (QED) is 0.354. The maximum Gasteiger partial charge on any atom is 0.295 e. The molecule has 1 saturated heterocycles. The van der Waals surface area contributed by atoms with Crippen molar-refractivity contribution in [3.63, 3.8) is 0 Å². The van der Waals surface area contributed by atoms with Gasteiger partial charge in [-0.05, 0) is 57.3 Å². The summed E-state index contributed by atoms with van der Waals surface area (Å²) >= 11 is 0. The highest BCUT2D eigenvalue weighted by molar-refractivity contribution is 6.46. The maximum atomic E-state index is 13.2. The molecule has 1 aliphatic heterocycles. The number of nitrogens with zero attached hydrogens (tertiary/aromatic N) is 4. The van der Waals surface area contributed by atoms with Crippen LogP contribution in [0.5, 0.6) is 5.75 Å². The number of Topliss-reactive ketones (excluding diaryl/α,β-unsaturated/α-hetero) is 1. The molecule has 0 saturated carbocycles. The second kappa shape index (κ2) is 8.71. The van der Waals surface area contributed by atoms with Gasteiger partial charge in [0.15, 0.2) is 5.76 Å². The Morgan fingerprint density at radius 1 is 1.15 bits per heavy atom. The summed E-state index contributed by atoms with van der Waals surface area (Å²) in [5.74, 6) is -0.884. The summed E-state index contributed by atoms with van der Waals surface area (Å²) in [4.78, 5) is 34.4. The SMILES string of the molecule is COc1ccc([C@@H]2/C(=C(\O)c3c(C)nc4c(C)cccn34)C(=O)C(=O)N2CCN(C)C)cc1. The van der Waals surface area contributed by atoms with E-state index >= 15 is 0 Å². The zero-order valence-electron chi connectivity index (χ0n) is 19.5. The number of aliphatic hydroxyl groups excluding tert-OH is 1. The van der Waals surface area contributed by atoms with Crippen molar-refractivity contribution in [2.75, 3.05) is 34.3 Å². The predicted octanol–water partition coefficient (Wildman–Crippen LogP) is 2.94. The van der Waals surface area contributed by atoms with Gasteiger partial charge in [-0.15, -0.1) is 0 Å². The average Bonchev–Trinajstić information content (AvgIpc) is 3.26. The molecule has 1 amide bonds. The Hall–Kier alpha value is -3.65. The molecule has 4 rings (SSSR count). The summed E-state index contributed by atoms with van der Waals surface area (Å²) in [6.45, 7) is 4.64. The van der Waals surface area contributed by atoms with Crippen LogP contribution in [0.15, 0.2) is 48.2 Å². The normalized spacial score (nSPS) is 18.0. The minimum atomic E-state index is -0.717. The van der Waals surface area contributed by atoms with Gasteiger partial charge in [-0.1, -0.05) is 18.2 Å². The Morgan fingerprint density at radius 2 is 1.85 bits per heavy atom. The van der Waals surface area contributed by atoms with Crippen molar-refractivity contribution in [3.05, 3.63) is 70.7 Å². The van der Waals surface area contributed by atoms with Crippen LogP contribution in [0.1, 0.15) is 28.6 Å². The molecule has 1 aliphatic rings. The van der Waals surface area contributed by atoms with E-state index < -0.39 is 17.7 Å². The Balaban J connectivity index is 1.93. The van der Waals surface area contributed by atoms with Crippen LogP contribution < -0.4 is 4.74 Å². The highest BCUT2D eigenvalue weighted by Gasteiger charge is 2.46. The number of hydrogen-bond donors (Lipinski definition) is 1. The fourth-order valence-corrected chi connectivity index (χ4v) is 4.28. The fraction of sp³-hybridized carbons (Fsp3) is 0.320. The summed E-state index contributed by atoms with van der Waals surface area (Å²) < 4.78 is 7.02. The first-order valence-corrected chi connectivity index (χ1v) is 10.8. The Morgan fingerprint density at radius 3 is 2.48 bits per heavy atom. The van der Waals surface area contributed by atoms with Gasteiger partial charge in [0.25, 0.3) is 11.7 Å². The molecule has 0 aliphatic carbocycles. The third kappa shape index (κ3) is 3.87. The van der Waals surface area contributed by atoms with Crippen molar-refractivity contribution in [2.45, 2.75) is 19.9 Å². The topological polar surface area (TPSA) is 87.4 Å². The average molecular weight is 449 g/mol. The zero-order valence-corrected chi connectivity index (χ0v) is 19.5. The van der Waals surface area contributed by atoms with Crippen LogP contribution in [0.2, 0.25) is 0 Å². The van der Waals surface area contributed by atoms with Gasteiger partial charge in [0.1, 0.15) is 17.1 Å². The smallest absolute Gasteiger partial charge is 0.295 e. The van der Waals surface area contributed by atoms with Gasteiger partial charge in [-0.25, -0.2) is 4.98 Å². The van der Waals surface area contributed by atoms with Gasteiger partial charge in [-0.3, -0.25) is 14.0 Å². The fourth-order valence-electron chi connectivity index (χ4n) is 4.28.